The second-order valence-corrected chi connectivity index (χ2v) is 9.11. The first-order chi connectivity index (χ1) is 11.4. The average molecular weight is 610 g/mol. The molecular formula is C17H26BrN2O2PbS. The van der Waals surface area contributed by atoms with Crippen molar-refractivity contribution in [1.82, 2.24) is 4.31 Å². The van der Waals surface area contributed by atoms with Gasteiger partial charge < -0.3 is 0 Å². The molecule has 0 saturated carbocycles. The molecule has 1 aromatic carbocycles. The number of halogens is 1. The van der Waals surface area contributed by atoms with Crippen LogP contribution in [0.1, 0.15) is 40.0 Å². The van der Waals surface area contributed by atoms with Crippen LogP contribution in [0.15, 0.2) is 28.1 Å². The molecule has 1 heterocycles. The van der Waals surface area contributed by atoms with E-state index in [0.717, 1.165) is 42.0 Å². The van der Waals surface area contributed by atoms with Crippen LogP contribution in [0.5, 0.6) is 5.75 Å². The van der Waals surface area contributed by atoms with E-state index in [4.69, 9.17) is 4.79 Å². The van der Waals surface area contributed by atoms with E-state index in [1.54, 1.807) is 11.9 Å². The maximum absolute atomic E-state index is 9.86. The molecule has 1 unspecified atom stereocenters. The summed E-state index contributed by atoms with van der Waals surface area (Å²) in [5, 5.41) is 9.86. The fraction of sp³-hybridized carbons (Fsp3) is 0.529. The summed E-state index contributed by atoms with van der Waals surface area (Å²) in [5.41, 5.74) is 1.24. The molecule has 0 aromatic heterocycles. The first-order valence-corrected chi connectivity index (χ1v) is 11.3. The van der Waals surface area contributed by atoms with Crippen molar-refractivity contribution in [2.75, 3.05) is 16.3 Å². The number of anilines is 1. The molecule has 0 bridgehead atoms. The van der Waals surface area contributed by atoms with E-state index in [9.17, 15) is 5.11 Å². The van der Waals surface area contributed by atoms with E-state index < -0.39 is 0 Å². The second-order valence-electron chi connectivity index (χ2n) is 4.96. The number of phenolic OH excluding ortho intramolecular Hbond substituents is 1. The van der Waals surface area contributed by atoms with Crippen LogP contribution in [0, 0.1) is 0 Å². The third kappa shape index (κ3) is 7.47. The van der Waals surface area contributed by atoms with Crippen LogP contribution < -0.4 is 2.71 Å². The molecule has 1 N–H and O–H groups in total. The number of likely N-dealkylation sites (N-methyl/N-ethyl adjacent to an activating group) is 1. The van der Waals surface area contributed by atoms with Gasteiger partial charge in [-0.25, -0.2) is 4.79 Å². The molecule has 3 radical (unpaired) electrons. The summed E-state index contributed by atoms with van der Waals surface area (Å²) < 4.78 is 5.55. The molecular weight excluding hydrogens is 583 g/mol. The van der Waals surface area contributed by atoms with Crippen molar-refractivity contribution < 1.29 is 9.90 Å². The molecule has 24 heavy (non-hydrogen) atoms. The van der Waals surface area contributed by atoms with Crippen molar-refractivity contribution in [2.24, 2.45) is 0 Å². The number of rotatable bonds is 3. The van der Waals surface area contributed by atoms with Crippen LogP contribution in [0.3, 0.4) is 0 Å². The Morgan fingerprint density at radius 3 is 2.62 bits per heavy atom. The normalized spacial score (nSPS) is 16.6. The third-order valence-corrected chi connectivity index (χ3v) is 6.75. The number of hydrogen-bond acceptors (Lipinski definition) is 5. The van der Waals surface area contributed by atoms with Crippen LogP contribution in [0.4, 0.5) is 5.69 Å². The van der Waals surface area contributed by atoms with Crippen LogP contribution in [0.2, 0.25) is 0 Å². The van der Waals surface area contributed by atoms with Gasteiger partial charge in [0, 0.05) is 0 Å². The summed E-state index contributed by atoms with van der Waals surface area (Å²) >= 11 is 6.17. The Morgan fingerprint density at radius 2 is 2.08 bits per heavy atom. The van der Waals surface area contributed by atoms with Gasteiger partial charge in [0.1, 0.15) is 5.94 Å². The monoisotopic (exact) mass is 609 g/mol. The zero-order valence-electron chi connectivity index (χ0n) is 14.8. The number of unbranched alkanes of at least 4 members (excludes halogenated alkanes) is 1. The molecule has 1 atom stereocenters. The van der Waals surface area contributed by atoms with E-state index >= 15 is 0 Å². The van der Waals surface area contributed by atoms with Gasteiger partial charge in [0.15, 0.2) is 0 Å². The van der Waals surface area contributed by atoms with Gasteiger partial charge in [-0.1, -0.05) is 13.8 Å². The van der Waals surface area contributed by atoms with Gasteiger partial charge in [0.05, 0.1) is 0 Å². The molecule has 0 aliphatic carbocycles. The fourth-order valence-electron chi connectivity index (χ4n) is 2.18. The number of aromatic hydroxyl groups is 1. The van der Waals surface area contributed by atoms with Gasteiger partial charge in [0.2, 0.25) is 0 Å². The molecule has 4 nitrogen and oxygen atoms in total. The van der Waals surface area contributed by atoms with Crippen molar-refractivity contribution in [3.8, 4) is 5.75 Å². The van der Waals surface area contributed by atoms with Gasteiger partial charge in [-0.3, -0.25) is 0 Å². The van der Waals surface area contributed by atoms with Gasteiger partial charge >= 0.3 is 145 Å². The summed E-state index contributed by atoms with van der Waals surface area (Å²) in [6.45, 7) is 10.0. The van der Waals surface area contributed by atoms with Crippen molar-refractivity contribution in [2.45, 2.75) is 51.0 Å². The molecule has 133 valence electrons. The van der Waals surface area contributed by atoms with Crippen molar-refractivity contribution in [1.29, 1.82) is 0 Å². The quantitative estimate of drug-likeness (QED) is 0.309. The third-order valence-electron chi connectivity index (χ3n) is 3.36. The summed E-state index contributed by atoms with van der Waals surface area (Å²) in [6, 6.07) is 4.49. The maximum atomic E-state index is 9.86. The van der Waals surface area contributed by atoms with Crippen LogP contribution in [-0.2, 0) is 4.79 Å². The van der Waals surface area contributed by atoms with Gasteiger partial charge in [0.25, 0.3) is 0 Å². The molecule has 1 aliphatic heterocycles. The number of nitrogens with zero attached hydrogens (tertiary/aromatic N) is 2. The van der Waals surface area contributed by atoms with E-state index in [1.165, 1.54) is 30.9 Å². The summed E-state index contributed by atoms with van der Waals surface area (Å²) in [6.07, 6.45) is 3.76. The summed E-state index contributed by atoms with van der Waals surface area (Å²) in [7, 11) is 2.16. The van der Waals surface area contributed by atoms with E-state index in [0.29, 0.717) is 11.8 Å². The predicted octanol–water partition coefficient (Wildman–Crippen LogP) is 4.59. The standard InChI is InChI=1S/C13H18BrN2OS.C2H2O.C2H6.Pb/c1-3-4-5-9-8-15-11-6-10(14)12(17)7-13(11)18-16(9)2;1-2-3;1-2;/h6-7,9,17H,3-5,8H2,1-2H3;1H2;1-2H3;/q-1;;;+1. The van der Waals surface area contributed by atoms with Crippen LogP contribution >= 0.6 is 27.9 Å². The molecule has 0 amide bonds. The van der Waals surface area contributed by atoms with Gasteiger partial charge in [-0.2, -0.15) is 0 Å². The van der Waals surface area contributed by atoms with Crippen LogP contribution in [0.25, 0.3) is 0 Å². The Morgan fingerprint density at radius 1 is 1.50 bits per heavy atom. The molecule has 0 spiro atoms. The van der Waals surface area contributed by atoms with E-state index in [-0.39, 0.29) is 0 Å². The SMILES string of the molecule is C=C=O.CC.CCCCC1C[N]([Pb])c2cc(Br)c(O)cc2SN1C. The second kappa shape index (κ2) is 13.2. The molecule has 0 saturated heterocycles. The first kappa shape index (κ1) is 24.0. The Bertz CT molecular complexity index is 540. The number of fused-ring (bicyclic) bond motifs is 1. The average Bonchev–Trinajstić information content (AvgIpc) is 2.66. The zero-order valence-corrected chi connectivity index (χ0v) is 21.1. The van der Waals surface area contributed by atoms with Crippen molar-refractivity contribution in [3.05, 3.63) is 23.2 Å². The topological polar surface area (TPSA) is 43.8 Å². The summed E-state index contributed by atoms with van der Waals surface area (Å²) in [4.78, 5) is 9.72. The Kier molecular flexibility index (Phi) is 13.2. The summed E-state index contributed by atoms with van der Waals surface area (Å²) in [5.74, 6) is 1.57. The van der Waals surface area contributed by atoms with Gasteiger partial charge in [-0.15, -0.1) is 0 Å². The fourth-order valence-corrected chi connectivity index (χ4v) is 5.43. The predicted molar refractivity (Wildman–Crippen MR) is 109 cm³/mol. The number of phenols is 1. The Balaban J connectivity index is 0.000000952. The number of benzene rings is 1. The minimum atomic E-state index is 0.321. The number of hydrogen-bond donors (Lipinski definition) is 1. The van der Waals surface area contributed by atoms with Crippen molar-refractivity contribution >= 4 is 65.6 Å². The zero-order chi connectivity index (χ0) is 18.7. The Labute approximate surface area is 175 Å². The molecule has 1 aliphatic rings. The van der Waals surface area contributed by atoms with Gasteiger partial charge in [-0.05, 0) is 6.58 Å². The molecule has 7 heteroatoms. The molecule has 0 fully saturated rings. The van der Waals surface area contributed by atoms with E-state index in [1.807, 2.05) is 26.0 Å². The minimum absolute atomic E-state index is 0.321. The molecule has 2 rings (SSSR count). The van der Waals surface area contributed by atoms with E-state index in [2.05, 4.69) is 43.5 Å². The number of carbonyl (C=O) groups excluding carboxylic acids is 1. The Hall–Kier alpha value is -0.0179. The van der Waals surface area contributed by atoms with Crippen LogP contribution in [-0.4, -0.2) is 61.1 Å². The first-order valence-electron chi connectivity index (χ1n) is 8.00. The molecule has 1 aromatic rings. The van der Waals surface area contributed by atoms with Crippen molar-refractivity contribution in [3.63, 3.8) is 0 Å².